The third-order valence-corrected chi connectivity index (χ3v) is 5.21. The summed E-state index contributed by atoms with van der Waals surface area (Å²) in [6.45, 7) is 5.87. The Morgan fingerprint density at radius 2 is 2.12 bits per heavy atom. The van der Waals surface area contributed by atoms with Crippen LogP contribution in [0.2, 0.25) is 0 Å². The molecule has 2 aliphatic heterocycles. The molecule has 1 aliphatic carbocycles. The van der Waals surface area contributed by atoms with Crippen molar-refractivity contribution in [1.29, 1.82) is 0 Å². The van der Waals surface area contributed by atoms with E-state index in [-0.39, 0.29) is 11.8 Å². The second-order valence-corrected chi connectivity index (χ2v) is 7.07. The molecule has 0 spiro atoms. The number of anilines is 1. The predicted octanol–water partition coefficient (Wildman–Crippen LogP) is 0.789. The molecule has 0 radical (unpaired) electrons. The van der Waals surface area contributed by atoms with Gasteiger partial charge in [-0.3, -0.25) is 9.59 Å². The van der Waals surface area contributed by atoms with E-state index in [1.54, 1.807) is 11.8 Å². The lowest BCUT2D eigenvalue weighted by Crippen LogP contribution is -2.45. The van der Waals surface area contributed by atoms with Crippen molar-refractivity contribution in [2.45, 2.75) is 32.4 Å². The minimum Gasteiger partial charge on any atom is -0.378 e. The van der Waals surface area contributed by atoms with Gasteiger partial charge in [0.25, 0.3) is 5.91 Å². The van der Waals surface area contributed by atoms with Crippen molar-refractivity contribution in [3.05, 3.63) is 23.4 Å². The smallest absolute Gasteiger partial charge is 0.273 e. The molecule has 0 unspecified atom stereocenters. The summed E-state index contributed by atoms with van der Waals surface area (Å²) in [5, 5.41) is 2.96. The SMILES string of the molecule is C[C@H](C(=O)NCC1CC1)N1Cc2ccc(N3CCOCC3)nc2C1=O. The van der Waals surface area contributed by atoms with Gasteiger partial charge in [-0.1, -0.05) is 6.07 Å². The van der Waals surface area contributed by atoms with E-state index >= 15 is 0 Å². The van der Waals surface area contributed by atoms with Gasteiger partial charge in [-0.15, -0.1) is 0 Å². The fraction of sp³-hybridized carbons (Fsp3) is 0.611. The van der Waals surface area contributed by atoms with Crippen LogP contribution in [0, 0.1) is 5.92 Å². The molecular formula is C18H24N4O3. The summed E-state index contributed by atoms with van der Waals surface area (Å²) in [5.41, 5.74) is 1.37. The fourth-order valence-corrected chi connectivity index (χ4v) is 3.32. The Balaban J connectivity index is 1.45. The van der Waals surface area contributed by atoms with Crippen LogP contribution in [0.4, 0.5) is 5.82 Å². The number of hydrogen-bond donors (Lipinski definition) is 1. The fourth-order valence-electron chi connectivity index (χ4n) is 3.32. The third kappa shape index (κ3) is 3.33. The number of morpholine rings is 1. The topological polar surface area (TPSA) is 74.8 Å². The maximum atomic E-state index is 12.8. The van der Waals surface area contributed by atoms with E-state index in [1.807, 2.05) is 12.1 Å². The molecule has 2 amide bonds. The summed E-state index contributed by atoms with van der Waals surface area (Å²) in [6, 6.07) is 3.44. The van der Waals surface area contributed by atoms with Crippen molar-refractivity contribution in [3.63, 3.8) is 0 Å². The number of carbonyl (C=O) groups is 2. The first-order valence-corrected chi connectivity index (χ1v) is 9.05. The van der Waals surface area contributed by atoms with Gasteiger partial charge in [0.1, 0.15) is 17.6 Å². The number of hydrogen-bond acceptors (Lipinski definition) is 5. The number of aromatic nitrogens is 1. The van der Waals surface area contributed by atoms with E-state index in [2.05, 4.69) is 15.2 Å². The standard InChI is InChI=1S/C18H24N4O3/c1-12(17(23)19-10-13-2-3-13)22-11-14-4-5-15(20-16(14)18(22)24)21-6-8-25-9-7-21/h4-5,12-13H,2-3,6-11H2,1H3,(H,19,23)/t12-/m1/s1. The summed E-state index contributed by atoms with van der Waals surface area (Å²) >= 11 is 0. The van der Waals surface area contributed by atoms with Gasteiger partial charge in [-0.05, 0) is 31.7 Å². The number of pyridine rings is 1. The van der Waals surface area contributed by atoms with Gasteiger partial charge in [0, 0.05) is 31.7 Å². The summed E-state index contributed by atoms with van der Waals surface area (Å²) < 4.78 is 5.36. The molecule has 1 aromatic rings. The Hall–Kier alpha value is -2.15. The van der Waals surface area contributed by atoms with Crippen molar-refractivity contribution in [3.8, 4) is 0 Å². The number of ether oxygens (including phenoxy) is 1. The molecule has 7 heteroatoms. The molecule has 1 atom stereocenters. The molecule has 3 heterocycles. The van der Waals surface area contributed by atoms with E-state index in [9.17, 15) is 9.59 Å². The maximum Gasteiger partial charge on any atom is 0.273 e. The maximum absolute atomic E-state index is 12.8. The zero-order valence-corrected chi connectivity index (χ0v) is 14.5. The lowest BCUT2D eigenvalue weighted by atomic mass is 10.2. The van der Waals surface area contributed by atoms with Gasteiger partial charge in [0.05, 0.1) is 13.2 Å². The second-order valence-electron chi connectivity index (χ2n) is 7.07. The molecule has 1 saturated heterocycles. The molecule has 3 aliphatic rings. The van der Waals surface area contributed by atoms with Crippen LogP contribution in [0.3, 0.4) is 0 Å². The molecule has 1 saturated carbocycles. The largest absolute Gasteiger partial charge is 0.378 e. The van der Waals surface area contributed by atoms with Gasteiger partial charge in [-0.2, -0.15) is 0 Å². The summed E-state index contributed by atoms with van der Waals surface area (Å²) in [6.07, 6.45) is 2.38. The highest BCUT2D eigenvalue weighted by Crippen LogP contribution is 2.28. The average molecular weight is 344 g/mol. The highest BCUT2D eigenvalue weighted by Gasteiger charge is 2.36. The van der Waals surface area contributed by atoms with Crippen molar-refractivity contribution >= 4 is 17.6 Å². The zero-order chi connectivity index (χ0) is 17.4. The highest BCUT2D eigenvalue weighted by molar-refractivity contribution is 5.99. The molecule has 1 aromatic heterocycles. The van der Waals surface area contributed by atoms with Crippen molar-refractivity contribution in [2.24, 2.45) is 5.92 Å². The first kappa shape index (κ1) is 16.3. The van der Waals surface area contributed by atoms with Crippen LogP contribution in [-0.2, 0) is 16.1 Å². The van der Waals surface area contributed by atoms with Gasteiger partial charge in [0.2, 0.25) is 5.91 Å². The summed E-state index contributed by atoms with van der Waals surface area (Å²) in [7, 11) is 0. The number of carbonyl (C=O) groups excluding carboxylic acids is 2. The van der Waals surface area contributed by atoms with Crippen LogP contribution in [0.25, 0.3) is 0 Å². The van der Waals surface area contributed by atoms with Crippen LogP contribution in [-0.4, -0.2) is 60.6 Å². The quantitative estimate of drug-likeness (QED) is 0.855. The minimum atomic E-state index is -0.479. The number of fused-ring (bicyclic) bond motifs is 1. The minimum absolute atomic E-state index is 0.0820. The Kier molecular flexibility index (Phi) is 4.33. The van der Waals surface area contributed by atoms with E-state index in [0.717, 1.165) is 31.0 Å². The van der Waals surface area contributed by atoms with Crippen molar-refractivity contribution in [1.82, 2.24) is 15.2 Å². The van der Waals surface area contributed by atoms with Crippen LogP contribution in [0.5, 0.6) is 0 Å². The Bertz CT molecular complexity index is 683. The number of nitrogens with one attached hydrogen (secondary N) is 1. The third-order valence-electron chi connectivity index (χ3n) is 5.21. The first-order chi connectivity index (χ1) is 12.1. The first-order valence-electron chi connectivity index (χ1n) is 9.05. The molecule has 1 N–H and O–H groups in total. The van der Waals surface area contributed by atoms with Gasteiger partial charge in [0.15, 0.2) is 0 Å². The molecule has 0 bridgehead atoms. The Morgan fingerprint density at radius 3 is 2.84 bits per heavy atom. The normalized spacial score (nSPS) is 21.2. The van der Waals surface area contributed by atoms with E-state index in [0.29, 0.717) is 31.4 Å². The van der Waals surface area contributed by atoms with Crippen LogP contribution in [0.1, 0.15) is 35.8 Å². The molecule has 2 fully saturated rings. The average Bonchev–Trinajstić information content (AvgIpc) is 3.43. The molecule has 4 rings (SSSR count). The lowest BCUT2D eigenvalue weighted by Gasteiger charge is -2.27. The van der Waals surface area contributed by atoms with Gasteiger partial charge < -0.3 is 19.9 Å². The molecule has 25 heavy (non-hydrogen) atoms. The predicted molar refractivity (Wildman–Crippen MR) is 92.3 cm³/mol. The Morgan fingerprint density at radius 1 is 1.36 bits per heavy atom. The summed E-state index contributed by atoms with van der Waals surface area (Å²) in [5.74, 6) is 1.20. The number of rotatable bonds is 5. The molecular weight excluding hydrogens is 320 g/mol. The monoisotopic (exact) mass is 344 g/mol. The van der Waals surface area contributed by atoms with Crippen LogP contribution < -0.4 is 10.2 Å². The number of nitrogens with zero attached hydrogens (tertiary/aromatic N) is 3. The molecule has 0 aromatic carbocycles. The van der Waals surface area contributed by atoms with Crippen LogP contribution >= 0.6 is 0 Å². The molecule has 7 nitrogen and oxygen atoms in total. The zero-order valence-electron chi connectivity index (χ0n) is 14.5. The Labute approximate surface area is 147 Å². The van der Waals surface area contributed by atoms with Gasteiger partial charge in [-0.25, -0.2) is 4.98 Å². The summed E-state index contributed by atoms with van der Waals surface area (Å²) in [4.78, 5) is 33.4. The number of amides is 2. The van der Waals surface area contributed by atoms with Crippen molar-refractivity contribution in [2.75, 3.05) is 37.7 Å². The van der Waals surface area contributed by atoms with Crippen molar-refractivity contribution < 1.29 is 14.3 Å². The highest BCUT2D eigenvalue weighted by atomic mass is 16.5. The van der Waals surface area contributed by atoms with E-state index in [1.165, 1.54) is 12.8 Å². The van der Waals surface area contributed by atoms with E-state index in [4.69, 9.17) is 4.74 Å². The van der Waals surface area contributed by atoms with Gasteiger partial charge >= 0.3 is 0 Å². The van der Waals surface area contributed by atoms with E-state index < -0.39 is 6.04 Å². The lowest BCUT2D eigenvalue weighted by molar-refractivity contribution is -0.125. The van der Waals surface area contributed by atoms with Crippen LogP contribution in [0.15, 0.2) is 12.1 Å². The second kappa shape index (κ2) is 6.63. The molecule has 134 valence electrons.